The Balaban J connectivity index is 2.38. The Morgan fingerprint density at radius 1 is 1.71 bits per heavy atom. The molecular weight excluding hydrogens is 296 g/mol. The Morgan fingerprint density at radius 2 is 2.43 bits per heavy atom. The van der Waals surface area contributed by atoms with Crippen molar-refractivity contribution in [1.29, 1.82) is 0 Å². The van der Waals surface area contributed by atoms with Crippen LogP contribution in [0.15, 0.2) is 36.3 Å². The maximum atomic E-state index is 11.3. The number of halogens is 1. The first-order valence-corrected chi connectivity index (χ1v) is 6.60. The lowest BCUT2D eigenvalue weighted by Crippen LogP contribution is -2.44. The lowest BCUT2D eigenvalue weighted by atomic mass is 9.90. The Kier molecular flexibility index (Phi) is 4.40. The molecule has 1 saturated heterocycles. The number of amides is 1. The predicted octanol–water partition coefficient (Wildman–Crippen LogP) is -0.147. The third-order valence-corrected chi connectivity index (χ3v) is 3.66. The Bertz CT molecular complexity index is 554. The minimum absolute atomic E-state index is 0.276. The zero-order valence-electron chi connectivity index (χ0n) is 11.1. The van der Waals surface area contributed by atoms with E-state index in [1.165, 1.54) is 28.8 Å². The van der Waals surface area contributed by atoms with Crippen LogP contribution in [0, 0.1) is 18.3 Å². The molecule has 2 rings (SSSR count). The number of carbonyl (C=O) groups excluding carboxylic acids is 1. The predicted molar refractivity (Wildman–Crippen MR) is 76.3 cm³/mol. The second kappa shape index (κ2) is 5.92. The number of aliphatic hydroxyl groups excluding tert-OH is 2. The lowest BCUT2D eigenvalue weighted by Gasteiger charge is -2.33. The first-order chi connectivity index (χ1) is 9.99. The van der Waals surface area contributed by atoms with Crippen LogP contribution in [-0.2, 0) is 9.53 Å². The van der Waals surface area contributed by atoms with E-state index in [1.54, 1.807) is 0 Å². The van der Waals surface area contributed by atoms with E-state index in [9.17, 15) is 15.0 Å². The van der Waals surface area contributed by atoms with Gasteiger partial charge in [0.2, 0.25) is 0 Å². The molecule has 0 radical (unpaired) electrons. The molecule has 2 heterocycles. The van der Waals surface area contributed by atoms with Crippen molar-refractivity contribution in [3.05, 3.63) is 36.3 Å². The normalized spacial score (nSPS) is 36.1. The van der Waals surface area contributed by atoms with Crippen LogP contribution in [0.2, 0.25) is 0 Å². The molecule has 21 heavy (non-hydrogen) atoms. The van der Waals surface area contributed by atoms with Crippen molar-refractivity contribution in [3.8, 4) is 12.3 Å². The molecule has 2 aliphatic heterocycles. The number of hydrogen-bond acceptors (Lipinski definition) is 5. The molecule has 0 unspecified atom stereocenters. The number of carbonyl (C=O) groups is 1. The molecule has 0 aromatic heterocycles. The first kappa shape index (κ1) is 15.6. The molecule has 1 fully saturated rings. The molecule has 0 spiro atoms. The van der Waals surface area contributed by atoms with Gasteiger partial charge in [-0.1, -0.05) is 30.2 Å². The highest BCUT2D eigenvalue weighted by molar-refractivity contribution is 6.25. The zero-order valence-corrected chi connectivity index (χ0v) is 11.8. The van der Waals surface area contributed by atoms with Crippen molar-refractivity contribution in [3.63, 3.8) is 0 Å². The Hall–Kier alpha value is -1.78. The number of rotatable bonds is 3. The number of terminal acetylenes is 1. The molecule has 0 aromatic rings. The van der Waals surface area contributed by atoms with Crippen molar-refractivity contribution in [1.82, 2.24) is 10.2 Å². The average Bonchev–Trinajstić information content (AvgIpc) is 2.74. The maximum absolute atomic E-state index is 11.3. The molecule has 0 bridgehead atoms. The summed E-state index contributed by atoms with van der Waals surface area (Å²) in [4.78, 5) is 12.8. The molecule has 7 heteroatoms. The summed E-state index contributed by atoms with van der Waals surface area (Å²) in [6.45, 7) is 3.17. The topological polar surface area (TPSA) is 82.0 Å². The maximum Gasteiger partial charge on any atom is 0.250 e. The molecule has 2 aliphatic rings. The van der Waals surface area contributed by atoms with Gasteiger partial charge in [0, 0.05) is 17.8 Å². The van der Waals surface area contributed by atoms with Gasteiger partial charge in [0.05, 0.1) is 12.5 Å². The van der Waals surface area contributed by atoms with Gasteiger partial charge in [-0.25, -0.2) is 0 Å². The first-order valence-electron chi connectivity index (χ1n) is 6.17. The minimum Gasteiger partial charge on any atom is -0.392 e. The molecule has 1 amide bonds. The average molecular weight is 311 g/mol. The fraction of sp³-hybridized carbons (Fsp3) is 0.357. The van der Waals surface area contributed by atoms with E-state index in [4.69, 9.17) is 22.8 Å². The number of hydrogen-bond donors (Lipinski definition) is 3. The van der Waals surface area contributed by atoms with Crippen LogP contribution in [0.4, 0.5) is 0 Å². The largest absolute Gasteiger partial charge is 0.392 e. The van der Waals surface area contributed by atoms with E-state index >= 15 is 0 Å². The van der Waals surface area contributed by atoms with Crippen LogP contribution < -0.4 is 5.32 Å². The van der Waals surface area contributed by atoms with E-state index in [2.05, 4.69) is 17.8 Å². The summed E-state index contributed by atoms with van der Waals surface area (Å²) in [5.74, 6) is 1.64. The third-order valence-electron chi connectivity index (χ3n) is 3.52. The molecule has 6 nitrogen and oxygen atoms in total. The summed E-state index contributed by atoms with van der Waals surface area (Å²) in [7, 11) is 0. The summed E-state index contributed by atoms with van der Waals surface area (Å²) in [5.41, 5.74) is -0.301. The second-order valence-electron chi connectivity index (χ2n) is 4.70. The highest BCUT2D eigenvalue weighted by Gasteiger charge is 2.54. The van der Waals surface area contributed by atoms with Gasteiger partial charge in [-0.05, 0) is 0 Å². The van der Waals surface area contributed by atoms with Crippen LogP contribution in [0.5, 0.6) is 0 Å². The summed E-state index contributed by atoms with van der Waals surface area (Å²) in [6, 6.07) is 0. The van der Waals surface area contributed by atoms with Crippen molar-refractivity contribution in [2.45, 2.75) is 17.9 Å². The number of ether oxygens (including phenoxy) is 1. The minimum atomic E-state index is -1.54. The molecule has 3 N–H and O–H groups in total. The summed E-state index contributed by atoms with van der Waals surface area (Å²) in [6.07, 6.45) is 7.75. The van der Waals surface area contributed by atoms with Gasteiger partial charge in [0.1, 0.15) is 18.2 Å². The molecule has 4 atom stereocenters. The van der Waals surface area contributed by atoms with E-state index in [0.29, 0.717) is 0 Å². The van der Waals surface area contributed by atoms with Gasteiger partial charge >= 0.3 is 0 Å². The van der Waals surface area contributed by atoms with E-state index in [1.807, 2.05) is 0 Å². The van der Waals surface area contributed by atoms with Crippen LogP contribution in [0.3, 0.4) is 0 Å². The monoisotopic (exact) mass is 310 g/mol. The second-order valence-corrected chi connectivity index (χ2v) is 4.95. The van der Waals surface area contributed by atoms with Crippen LogP contribution in [0.25, 0.3) is 0 Å². The van der Waals surface area contributed by atoms with Gasteiger partial charge in [-0.15, -0.1) is 6.42 Å². The fourth-order valence-corrected chi connectivity index (χ4v) is 2.55. The van der Waals surface area contributed by atoms with Crippen molar-refractivity contribution < 1.29 is 19.7 Å². The van der Waals surface area contributed by atoms with Gasteiger partial charge < -0.3 is 25.2 Å². The molecule has 0 aliphatic carbocycles. The van der Waals surface area contributed by atoms with E-state index < -0.39 is 30.5 Å². The Morgan fingerprint density at radius 3 is 2.95 bits per heavy atom. The zero-order chi connectivity index (χ0) is 15.6. The summed E-state index contributed by atoms with van der Waals surface area (Å²) in [5, 5.41) is 22.4. The number of nitrogens with zero attached hydrogens (tertiary/aromatic N) is 1. The highest BCUT2D eigenvalue weighted by atomic mass is 35.5. The van der Waals surface area contributed by atoms with Crippen LogP contribution >= 0.6 is 11.6 Å². The summed E-state index contributed by atoms with van der Waals surface area (Å²) >= 11 is 5.60. The third kappa shape index (κ3) is 2.57. The highest BCUT2D eigenvalue weighted by Crippen LogP contribution is 2.39. The summed E-state index contributed by atoms with van der Waals surface area (Å²) < 4.78 is 5.69. The fourth-order valence-electron chi connectivity index (χ4n) is 2.38. The smallest absolute Gasteiger partial charge is 0.250 e. The lowest BCUT2D eigenvalue weighted by molar-refractivity contribution is -0.119. The van der Waals surface area contributed by atoms with Crippen LogP contribution in [0.1, 0.15) is 0 Å². The molecule has 112 valence electrons. The quantitative estimate of drug-likeness (QED) is 0.632. The van der Waals surface area contributed by atoms with Crippen molar-refractivity contribution in [2.24, 2.45) is 5.92 Å². The van der Waals surface area contributed by atoms with E-state index in [-0.39, 0.29) is 11.7 Å². The molecular formula is C14H15ClN2O4. The Labute approximate surface area is 127 Å². The van der Waals surface area contributed by atoms with Gasteiger partial charge in [0.25, 0.3) is 5.91 Å². The van der Waals surface area contributed by atoms with Gasteiger partial charge in [-0.2, -0.15) is 0 Å². The molecule has 0 aromatic carbocycles. The van der Waals surface area contributed by atoms with Gasteiger partial charge in [0.15, 0.2) is 5.60 Å². The van der Waals surface area contributed by atoms with Crippen LogP contribution in [-0.4, -0.2) is 45.6 Å². The molecule has 0 saturated carbocycles. The van der Waals surface area contributed by atoms with Crippen molar-refractivity contribution >= 4 is 17.5 Å². The SMILES string of the molecule is C#C[C@]1(CO)O[C@@H](N2C=CC(=O)NC2=C)[C@@H](C=CCl)[C@@H]1O. The van der Waals surface area contributed by atoms with E-state index in [0.717, 1.165) is 0 Å². The van der Waals surface area contributed by atoms with Crippen molar-refractivity contribution in [2.75, 3.05) is 6.61 Å². The van der Waals surface area contributed by atoms with Gasteiger partial charge in [-0.3, -0.25) is 4.79 Å². The number of aliphatic hydroxyl groups is 2. The number of nitrogens with one attached hydrogen (secondary N) is 1. The standard InChI is InChI=1S/C14H15ClN2O4/c1-3-14(8-18)12(20)10(4-6-15)13(21-14)17-7-5-11(19)16-9(17)2/h1,4-7,10,12-13,18,20H,2,8H2,(H,16,19)/t10-,12-,13+,14+/m0/s1.